The predicted molar refractivity (Wildman–Crippen MR) is 300 cm³/mol. The highest BCUT2D eigenvalue weighted by Gasteiger charge is 2.20. The van der Waals surface area contributed by atoms with E-state index in [0.29, 0.717) is 6.42 Å². The van der Waals surface area contributed by atoms with E-state index < -0.39 is 18.2 Å². The quantitative estimate of drug-likeness (QED) is 0.0361. The second-order valence-electron chi connectivity index (χ2n) is 20.6. The SMILES string of the molecule is CCCCCCCCCCC/C=C\C/C=C\CCCCCCCCCCCCCCCCCC(O)CC(=O)NC(CO)C(O)/C=C/CC/C=C/CC/C=C/CCCCCCCCCCCCCC. The van der Waals surface area contributed by atoms with E-state index in [1.54, 1.807) is 6.08 Å². The van der Waals surface area contributed by atoms with Crippen molar-refractivity contribution in [3.05, 3.63) is 60.8 Å². The van der Waals surface area contributed by atoms with Crippen molar-refractivity contribution in [1.82, 2.24) is 5.32 Å². The minimum Gasteiger partial charge on any atom is -0.394 e. The fourth-order valence-corrected chi connectivity index (χ4v) is 9.17. The van der Waals surface area contributed by atoms with Crippen molar-refractivity contribution >= 4 is 5.91 Å². The Morgan fingerprint density at radius 3 is 1.03 bits per heavy atom. The van der Waals surface area contributed by atoms with Crippen LogP contribution in [-0.4, -0.2) is 46.1 Å². The molecule has 3 unspecified atom stereocenters. The van der Waals surface area contributed by atoms with E-state index in [2.05, 4.69) is 67.8 Å². The number of aliphatic hydroxyl groups is 3. The van der Waals surface area contributed by atoms with E-state index >= 15 is 0 Å². The van der Waals surface area contributed by atoms with Crippen LogP contribution in [0, 0.1) is 0 Å². The van der Waals surface area contributed by atoms with Crippen LogP contribution in [0.25, 0.3) is 0 Å². The molecular formula is C63H117NO4. The number of carbonyl (C=O) groups is 1. The molecule has 398 valence electrons. The number of nitrogens with one attached hydrogen (secondary N) is 1. The van der Waals surface area contributed by atoms with Gasteiger partial charge in [-0.1, -0.05) is 286 Å². The summed E-state index contributed by atoms with van der Waals surface area (Å²) in [5, 5.41) is 33.5. The van der Waals surface area contributed by atoms with Crippen LogP contribution in [-0.2, 0) is 4.79 Å². The zero-order valence-corrected chi connectivity index (χ0v) is 45.5. The van der Waals surface area contributed by atoms with Gasteiger partial charge in [0.15, 0.2) is 0 Å². The minimum atomic E-state index is -0.963. The maximum absolute atomic E-state index is 12.5. The molecule has 0 aliphatic heterocycles. The van der Waals surface area contributed by atoms with Crippen molar-refractivity contribution in [2.24, 2.45) is 0 Å². The lowest BCUT2D eigenvalue weighted by atomic mass is 10.0. The van der Waals surface area contributed by atoms with E-state index in [4.69, 9.17) is 0 Å². The first kappa shape index (κ1) is 66.0. The molecule has 0 radical (unpaired) electrons. The topological polar surface area (TPSA) is 89.8 Å². The van der Waals surface area contributed by atoms with E-state index in [1.165, 1.54) is 238 Å². The van der Waals surface area contributed by atoms with Gasteiger partial charge in [-0.2, -0.15) is 0 Å². The molecule has 68 heavy (non-hydrogen) atoms. The van der Waals surface area contributed by atoms with Gasteiger partial charge >= 0.3 is 0 Å². The predicted octanol–water partition coefficient (Wildman–Crippen LogP) is 19.0. The van der Waals surface area contributed by atoms with Crippen LogP contribution in [0.15, 0.2) is 60.8 Å². The number of hydrogen-bond donors (Lipinski definition) is 4. The highest BCUT2D eigenvalue weighted by atomic mass is 16.3. The van der Waals surface area contributed by atoms with E-state index in [1.807, 2.05) is 6.08 Å². The van der Waals surface area contributed by atoms with Crippen molar-refractivity contribution in [3.8, 4) is 0 Å². The number of amides is 1. The molecule has 0 fully saturated rings. The minimum absolute atomic E-state index is 0.00166. The fourth-order valence-electron chi connectivity index (χ4n) is 9.17. The van der Waals surface area contributed by atoms with Gasteiger partial charge in [-0.05, 0) is 77.0 Å². The molecule has 0 spiro atoms. The molecule has 1 amide bonds. The summed E-state index contributed by atoms with van der Waals surface area (Å²) in [5.74, 6) is -0.327. The molecule has 0 saturated heterocycles. The second-order valence-corrected chi connectivity index (χ2v) is 20.6. The Bertz CT molecular complexity index is 1140. The van der Waals surface area contributed by atoms with Gasteiger partial charge in [-0.15, -0.1) is 0 Å². The lowest BCUT2D eigenvalue weighted by molar-refractivity contribution is -0.124. The Morgan fingerprint density at radius 1 is 0.382 bits per heavy atom. The van der Waals surface area contributed by atoms with Crippen LogP contribution in [0.5, 0.6) is 0 Å². The van der Waals surface area contributed by atoms with Gasteiger partial charge < -0.3 is 20.6 Å². The van der Waals surface area contributed by atoms with Gasteiger partial charge in [0.05, 0.1) is 31.3 Å². The van der Waals surface area contributed by atoms with Crippen LogP contribution >= 0.6 is 0 Å². The summed E-state index contributed by atoms with van der Waals surface area (Å²) in [6, 6.07) is -0.770. The molecule has 5 heteroatoms. The van der Waals surface area contributed by atoms with Crippen molar-refractivity contribution in [3.63, 3.8) is 0 Å². The van der Waals surface area contributed by atoms with Crippen molar-refractivity contribution in [1.29, 1.82) is 0 Å². The Balaban J connectivity index is 3.60. The van der Waals surface area contributed by atoms with Crippen molar-refractivity contribution in [2.75, 3.05) is 6.61 Å². The number of allylic oxidation sites excluding steroid dienone is 9. The summed E-state index contributed by atoms with van der Waals surface area (Å²) < 4.78 is 0. The van der Waals surface area contributed by atoms with Gasteiger partial charge in [0.1, 0.15) is 0 Å². The summed E-state index contributed by atoms with van der Waals surface area (Å²) >= 11 is 0. The smallest absolute Gasteiger partial charge is 0.222 e. The molecule has 3 atom stereocenters. The molecule has 0 saturated carbocycles. The van der Waals surface area contributed by atoms with E-state index in [0.717, 1.165) is 44.9 Å². The average Bonchev–Trinajstić information content (AvgIpc) is 3.33. The number of carbonyl (C=O) groups excluding carboxylic acids is 1. The highest BCUT2D eigenvalue weighted by molar-refractivity contribution is 5.76. The van der Waals surface area contributed by atoms with E-state index in [-0.39, 0.29) is 18.9 Å². The first-order chi connectivity index (χ1) is 33.5. The van der Waals surface area contributed by atoms with Crippen LogP contribution in [0.4, 0.5) is 0 Å². The van der Waals surface area contributed by atoms with Gasteiger partial charge in [0.25, 0.3) is 0 Å². The maximum atomic E-state index is 12.5. The van der Waals surface area contributed by atoms with Crippen LogP contribution in [0.2, 0.25) is 0 Å². The third-order valence-electron chi connectivity index (χ3n) is 13.8. The molecule has 0 aromatic carbocycles. The molecule has 0 heterocycles. The first-order valence-corrected chi connectivity index (χ1v) is 30.1. The molecule has 0 aromatic rings. The largest absolute Gasteiger partial charge is 0.394 e. The maximum Gasteiger partial charge on any atom is 0.222 e. The summed E-state index contributed by atoms with van der Waals surface area (Å²) in [6.07, 6.45) is 78.5. The second kappa shape index (κ2) is 57.6. The molecule has 0 aliphatic carbocycles. The number of hydrogen-bond acceptors (Lipinski definition) is 4. The summed E-state index contributed by atoms with van der Waals surface area (Å²) in [4.78, 5) is 12.5. The molecular weight excluding hydrogens is 835 g/mol. The number of aliphatic hydroxyl groups excluding tert-OH is 3. The average molecular weight is 953 g/mol. The van der Waals surface area contributed by atoms with Crippen LogP contribution < -0.4 is 5.32 Å². The molecule has 4 N–H and O–H groups in total. The number of rotatable bonds is 55. The Morgan fingerprint density at radius 2 is 0.676 bits per heavy atom. The Labute approximate surface area is 424 Å². The summed E-state index contributed by atoms with van der Waals surface area (Å²) in [7, 11) is 0. The third-order valence-corrected chi connectivity index (χ3v) is 13.8. The highest BCUT2D eigenvalue weighted by Crippen LogP contribution is 2.17. The van der Waals surface area contributed by atoms with Crippen molar-refractivity contribution in [2.45, 2.75) is 327 Å². The third kappa shape index (κ3) is 53.4. The van der Waals surface area contributed by atoms with Gasteiger partial charge in [-0.3, -0.25) is 4.79 Å². The zero-order valence-electron chi connectivity index (χ0n) is 45.5. The summed E-state index contributed by atoms with van der Waals surface area (Å²) in [6.45, 7) is 4.22. The van der Waals surface area contributed by atoms with Crippen LogP contribution in [0.1, 0.15) is 309 Å². The Kier molecular flexibility index (Phi) is 56.0. The van der Waals surface area contributed by atoms with Gasteiger partial charge in [0, 0.05) is 0 Å². The summed E-state index contributed by atoms with van der Waals surface area (Å²) in [5.41, 5.74) is 0. The normalized spacial score (nSPS) is 13.7. The number of unbranched alkanes of at least 4 members (excludes halogenated alkanes) is 38. The lowest BCUT2D eigenvalue weighted by Gasteiger charge is -2.21. The molecule has 0 aliphatic rings. The lowest BCUT2D eigenvalue weighted by Crippen LogP contribution is -2.45. The molecule has 0 rings (SSSR count). The molecule has 0 aromatic heterocycles. The van der Waals surface area contributed by atoms with Crippen LogP contribution in [0.3, 0.4) is 0 Å². The molecule has 5 nitrogen and oxygen atoms in total. The zero-order chi connectivity index (χ0) is 49.3. The first-order valence-electron chi connectivity index (χ1n) is 30.1. The standard InChI is InChI=1S/C63H117NO4/c1-3-5-7-9-11-13-15-17-19-21-23-25-27-28-29-30-31-32-33-34-35-36-38-40-42-44-46-48-50-52-54-56-60(66)58-63(68)64-61(59-65)62(67)57-55-53-51-49-47-45-43-41-39-37-26-24-22-20-18-16-14-12-10-8-6-4-2/h23,25,28-29,39,41,47,49,55,57,60-62,65-67H,3-22,24,26-27,30-38,40,42-46,48,50-54,56,58-59H2,1-2H3,(H,64,68)/b25-23-,29-28-,41-39+,49-47+,57-55+. The van der Waals surface area contributed by atoms with E-state index in [9.17, 15) is 20.1 Å². The monoisotopic (exact) mass is 952 g/mol. The van der Waals surface area contributed by atoms with Gasteiger partial charge in [0.2, 0.25) is 5.91 Å². The molecule has 0 bridgehead atoms. The van der Waals surface area contributed by atoms with Gasteiger partial charge in [-0.25, -0.2) is 0 Å². The fraction of sp³-hybridized carbons (Fsp3) is 0.825. The Hall–Kier alpha value is -1.95. The van der Waals surface area contributed by atoms with Crippen molar-refractivity contribution < 1.29 is 20.1 Å².